The number of fused-ring (bicyclic) bond motifs is 7. The Balaban J connectivity index is 1.72. The third-order valence-electron chi connectivity index (χ3n) is 5.96. The number of para-hydroxylation sites is 1. The van der Waals surface area contributed by atoms with Crippen LogP contribution in [-0.4, -0.2) is 4.57 Å². The molecular formula is C25H19N. The van der Waals surface area contributed by atoms with Crippen molar-refractivity contribution in [2.75, 3.05) is 0 Å². The highest BCUT2D eigenvalue weighted by atomic mass is 15.0. The lowest BCUT2D eigenvalue weighted by atomic mass is 9.99. The van der Waals surface area contributed by atoms with Crippen molar-refractivity contribution in [2.24, 2.45) is 0 Å². The molecule has 0 bridgehead atoms. The maximum absolute atomic E-state index is 2.44. The number of hydrogen-bond donors (Lipinski definition) is 0. The van der Waals surface area contributed by atoms with Crippen LogP contribution in [0.3, 0.4) is 0 Å². The first-order valence-electron chi connectivity index (χ1n) is 9.39. The van der Waals surface area contributed by atoms with E-state index in [9.17, 15) is 0 Å². The fourth-order valence-corrected chi connectivity index (χ4v) is 4.77. The summed E-state index contributed by atoms with van der Waals surface area (Å²) in [6.07, 6.45) is 1.05. The molecule has 0 saturated heterocycles. The molecule has 0 radical (unpaired) electrons. The van der Waals surface area contributed by atoms with E-state index in [4.69, 9.17) is 0 Å². The molecule has 0 unspecified atom stereocenters. The highest BCUT2D eigenvalue weighted by Gasteiger charge is 2.19. The largest absolute Gasteiger partial charge is 0.341 e. The first kappa shape index (κ1) is 14.1. The minimum Gasteiger partial charge on any atom is -0.341 e. The molecule has 1 aliphatic carbocycles. The fourth-order valence-electron chi connectivity index (χ4n) is 4.77. The van der Waals surface area contributed by atoms with Gasteiger partial charge in [0.2, 0.25) is 0 Å². The van der Waals surface area contributed by atoms with Gasteiger partial charge in [-0.1, -0.05) is 48.5 Å². The zero-order chi connectivity index (χ0) is 17.3. The van der Waals surface area contributed by atoms with Gasteiger partial charge < -0.3 is 4.57 Å². The molecular weight excluding hydrogens is 314 g/mol. The third kappa shape index (κ3) is 1.75. The summed E-state index contributed by atoms with van der Waals surface area (Å²) in [5.74, 6) is 0. The molecule has 0 N–H and O–H groups in total. The summed E-state index contributed by atoms with van der Waals surface area (Å²) >= 11 is 0. The highest BCUT2D eigenvalue weighted by molar-refractivity contribution is 6.13. The Labute approximate surface area is 152 Å². The van der Waals surface area contributed by atoms with Crippen molar-refractivity contribution >= 4 is 32.6 Å². The summed E-state index contributed by atoms with van der Waals surface area (Å²) in [5.41, 5.74) is 8.39. The molecule has 0 fully saturated rings. The van der Waals surface area contributed by atoms with E-state index in [0.717, 1.165) is 13.0 Å². The van der Waals surface area contributed by atoms with Crippen LogP contribution in [0.25, 0.3) is 43.7 Å². The lowest BCUT2D eigenvalue weighted by molar-refractivity contribution is 0.827. The molecule has 0 spiro atoms. The van der Waals surface area contributed by atoms with Gasteiger partial charge in [-0.15, -0.1) is 0 Å². The SMILES string of the molecule is CCn1c2ccccc2c2cc3cc4c(cc3cc21)-c1ccccc1C4. The van der Waals surface area contributed by atoms with Crippen molar-refractivity contribution in [3.05, 3.63) is 83.9 Å². The lowest BCUT2D eigenvalue weighted by Gasteiger charge is -2.07. The van der Waals surface area contributed by atoms with Gasteiger partial charge in [-0.2, -0.15) is 0 Å². The third-order valence-corrected chi connectivity index (χ3v) is 5.96. The zero-order valence-electron chi connectivity index (χ0n) is 14.8. The molecule has 0 saturated carbocycles. The first-order chi connectivity index (χ1) is 12.8. The number of rotatable bonds is 1. The molecule has 124 valence electrons. The zero-order valence-corrected chi connectivity index (χ0v) is 14.8. The standard InChI is InChI=1S/C25H19N/c1-2-26-24-10-6-5-9-21(24)23-14-17-12-19-11-16-7-3-4-8-20(16)22(19)13-18(17)15-25(23)26/h3-10,12-15H,2,11H2,1H3. The molecule has 0 aliphatic heterocycles. The van der Waals surface area contributed by atoms with Crippen LogP contribution < -0.4 is 0 Å². The normalized spacial score (nSPS) is 12.8. The second-order valence-corrected chi connectivity index (χ2v) is 7.32. The van der Waals surface area contributed by atoms with Gasteiger partial charge in [-0.25, -0.2) is 0 Å². The van der Waals surface area contributed by atoms with Gasteiger partial charge >= 0.3 is 0 Å². The van der Waals surface area contributed by atoms with Gasteiger partial charge in [0.15, 0.2) is 0 Å². The summed E-state index contributed by atoms with van der Waals surface area (Å²) in [4.78, 5) is 0. The van der Waals surface area contributed by atoms with Crippen molar-refractivity contribution in [1.82, 2.24) is 4.57 Å². The summed E-state index contributed by atoms with van der Waals surface area (Å²) in [6, 6.07) is 27.2. The molecule has 5 aromatic rings. The second-order valence-electron chi connectivity index (χ2n) is 7.32. The predicted molar refractivity (Wildman–Crippen MR) is 111 cm³/mol. The maximum Gasteiger partial charge on any atom is 0.0497 e. The Bertz CT molecular complexity index is 1340. The van der Waals surface area contributed by atoms with Gasteiger partial charge in [0.05, 0.1) is 0 Å². The Hall–Kier alpha value is -3.06. The summed E-state index contributed by atoms with van der Waals surface area (Å²) in [7, 11) is 0. The minimum absolute atomic E-state index is 0.989. The number of hydrogen-bond acceptors (Lipinski definition) is 0. The van der Waals surface area contributed by atoms with Gasteiger partial charge in [0, 0.05) is 28.4 Å². The number of benzene rings is 4. The average Bonchev–Trinajstić information content (AvgIpc) is 3.19. The van der Waals surface area contributed by atoms with E-state index in [-0.39, 0.29) is 0 Å². The van der Waals surface area contributed by atoms with Crippen molar-refractivity contribution in [3.8, 4) is 11.1 Å². The molecule has 1 heteroatoms. The molecule has 1 aromatic heterocycles. The van der Waals surface area contributed by atoms with E-state index >= 15 is 0 Å². The van der Waals surface area contributed by atoms with E-state index in [1.54, 1.807) is 0 Å². The fraction of sp³-hybridized carbons (Fsp3) is 0.120. The smallest absolute Gasteiger partial charge is 0.0497 e. The van der Waals surface area contributed by atoms with E-state index in [2.05, 4.69) is 84.3 Å². The first-order valence-corrected chi connectivity index (χ1v) is 9.39. The lowest BCUT2D eigenvalue weighted by Crippen LogP contribution is -1.92. The molecule has 0 amide bonds. The van der Waals surface area contributed by atoms with Crippen LogP contribution in [0, 0.1) is 0 Å². The average molecular weight is 333 g/mol. The van der Waals surface area contributed by atoms with Crippen LogP contribution in [0.2, 0.25) is 0 Å². The van der Waals surface area contributed by atoms with Crippen LogP contribution in [0.4, 0.5) is 0 Å². The Morgan fingerprint density at radius 2 is 1.50 bits per heavy atom. The second kappa shape index (κ2) is 4.98. The van der Waals surface area contributed by atoms with Crippen LogP contribution in [-0.2, 0) is 13.0 Å². The molecule has 4 aromatic carbocycles. The van der Waals surface area contributed by atoms with E-state index < -0.39 is 0 Å². The van der Waals surface area contributed by atoms with Gasteiger partial charge in [0.25, 0.3) is 0 Å². The summed E-state index contributed by atoms with van der Waals surface area (Å²) in [5, 5.41) is 5.41. The monoisotopic (exact) mass is 333 g/mol. The molecule has 0 atom stereocenters. The van der Waals surface area contributed by atoms with Crippen LogP contribution in [0.15, 0.2) is 72.8 Å². The number of nitrogens with zero attached hydrogens (tertiary/aromatic N) is 1. The quantitative estimate of drug-likeness (QED) is 0.322. The molecule has 1 aliphatic rings. The Morgan fingerprint density at radius 3 is 2.42 bits per heavy atom. The maximum atomic E-state index is 2.44. The highest BCUT2D eigenvalue weighted by Crippen LogP contribution is 2.40. The van der Waals surface area contributed by atoms with E-state index in [0.29, 0.717) is 0 Å². The summed E-state index contributed by atoms with van der Waals surface area (Å²) < 4.78 is 2.44. The topological polar surface area (TPSA) is 4.93 Å². The predicted octanol–water partition coefficient (Wildman–Crippen LogP) is 6.54. The molecule has 6 rings (SSSR count). The minimum atomic E-state index is 0.989. The van der Waals surface area contributed by atoms with Crippen LogP contribution in [0.5, 0.6) is 0 Å². The van der Waals surface area contributed by atoms with Crippen LogP contribution >= 0.6 is 0 Å². The van der Waals surface area contributed by atoms with Crippen molar-refractivity contribution in [2.45, 2.75) is 19.9 Å². The Kier molecular flexibility index (Phi) is 2.71. The summed E-state index contributed by atoms with van der Waals surface area (Å²) in [6.45, 7) is 3.22. The molecule has 1 nitrogen and oxygen atoms in total. The van der Waals surface area contributed by atoms with Crippen molar-refractivity contribution in [1.29, 1.82) is 0 Å². The van der Waals surface area contributed by atoms with Crippen LogP contribution in [0.1, 0.15) is 18.1 Å². The van der Waals surface area contributed by atoms with Crippen molar-refractivity contribution in [3.63, 3.8) is 0 Å². The molecule has 26 heavy (non-hydrogen) atoms. The number of aryl methyl sites for hydroxylation is 1. The van der Waals surface area contributed by atoms with Gasteiger partial charge in [0.1, 0.15) is 0 Å². The molecule has 1 heterocycles. The number of aromatic nitrogens is 1. The van der Waals surface area contributed by atoms with Gasteiger partial charge in [-0.3, -0.25) is 0 Å². The van der Waals surface area contributed by atoms with E-state index in [1.165, 1.54) is 54.8 Å². The van der Waals surface area contributed by atoms with Gasteiger partial charge in [-0.05, 0) is 70.6 Å². The Morgan fingerprint density at radius 1 is 0.692 bits per heavy atom. The van der Waals surface area contributed by atoms with Crippen molar-refractivity contribution < 1.29 is 0 Å². The van der Waals surface area contributed by atoms with E-state index in [1.807, 2.05) is 0 Å².